The van der Waals surface area contributed by atoms with Gasteiger partial charge in [-0.1, -0.05) is 0 Å². The molecule has 158 valence electrons. The van der Waals surface area contributed by atoms with E-state index in [1.807, 2.05) is 5.38 Å². The van der Waals surface area contributed by atoms with Crippen molar-refractivity contribution in [2.75, 3.05) is 11.3 Å². The quantitative estimate of drug-likeness (QED) is 0.440. The Hall–Kier alpha value is -3.37. The minimum atomic E-state index is -3.86. The molecule has 8 nitrogen and oxygen atoms in total. The third-order valence-corrected chi connectivity index (χ3v) is 7.68. The van der Waals surface area contributed by atoms with Crippen LogP contribution in [0.4, 0.5) is 5.69 Å². The first kappa shape index (κ1) is 19.6. The Kier molecular flexibility index (Phi) is 4.67. The molecule has 0 aliphatic carbocycles. The molecule has 1 amide bonds. The van der Waals surface area contributed by atoms with Crippen LogP contribution in [0.25, 0.3) is 11.0 Å². The van der Waals surface area contributed by atoms with Crippen molar-refractivity contribution in [1.29, 1.82) is 0 Å². The monoisotopic (exact) mass is 454 g/mol. The SMILES string of the molecule is O=C(c1ccc(NS(=O)(=O)c2ccc3[nH]c(=O)[nH]c3c2)cc1)N1CCc2sccc2C1. The van der Waals surface area contributed by atoms with Crippen LogP contribution in [0.15, 0.2) is 63.6 Å². The lowest BCUT2D eigenvalue weighted by Crippen LogP contribution is -2.35. The number of hydrogen-bond donors (Lipinski definition) is 3. The van der Waals surface area contributed by atoms with Crippen molar-refractivity contribution in [2.24, 2.45) is 0 Å². The zero-order valence-electron chi connectivity index (χ0n) is 16.2. The summed E-state index contributed by atoms with van der Waals surface area (Å²) in [6.07, 6.45) is 0.855. The molecule has 1 aliphatic heterocycles. The van der Waals surface area contributed by atoms with E-state index in [1.165, 1.54) is 28.6 Å². The number of carbonyl (C=O) groups excluding carboxylic acids is 1. The van der Waals surface area contributed by atoms with Gasteiger partial charge in [0.2, 0.25) is 0 Å². The van der Waals surface area contributed by atoms with Gasteiger partial charge in [-0.2, -0.15) is 0 Å². The van der Waals surface area contributed by atoms with Crippen molar-refractivity contribution in [1.82, 2.24) is 14.9 Å². The molecule has 0 radical (unpaired) electrons. The molecule has 0 spiro atoms. The third-order valence-electron chi connectivity index (χ3n) is 5.28. The normalized spacial score (nSPS) is 13.9. The van der Waals surface area contributed by atoms with Gasteiger partial charge >= 0.3 is 5.69 Å². The van der Waals surface area contributed by atoms with E-state index < -0.39 is 15.7 Å². The van der Waals surface area contributed by atoms with E-state index in [2.05, 4.69) is 20.8 Å². The number of imidazole rings is 1. The van der Waals surface area contributed by atoms with Crippen LogP contribution >= 0.6 is 11.3 Å². The Balaban J connectivity index is 1.32. The topological polar surface area (TPSA) is 115 Å². The van der Waals surface area contributed by atoms with Gasteiger partial charge in [-0.25, -0.2) is 13.2 Å². The second kappa shape index (κ2) is 7.40. The van der Waals surface area contributed by atoms with E-state index in [4.69, 9.17) is 0 Å². The number of nitrogens with one attached hydrogen (secondary N) is 3. The van der Waals surface area contributed by atoms with E-state index in [0.717, 1.165) is 6.42 Å². The van der Waals surface area contributed by atoms with Crippen molar-refractivity contribution in [3.63, 3.8) is 0 Å². The molecule has 2 aromatic heterocycles. The van der Waals surface area contributed by atoms with Crippen molar-refractivity contribution >= 4 is 44.0 Å². The third kappa shape index (κ3) is 3.75. The molecule has 31 heavy (non-hydrogen) atoms. The van der Waals surface area contributed by atoms with Gasteiger partial charge in [-0.3, -0.25) is 9.52 Å². The summed E-state index contributed by atoms with van der Waals surface area (Å²) in [5.41, 5.74) is 2.57. The lowest BCUT2D eigenvalue weighted by molar-refractivity contribution is 0.0736. The molecule has 5 rings (SSSR count). The predicted molar refractivity (Wildman–Crippen MR) is 119 cm³/mol. The van der Waals surface area contributed by atoms with E-state index >= 15 is 0 Å². The molecular formula is C21H18N4O4S2. The lowest BCUT2D eigenvalue weighted by Gasteiger charge is -2.27. The molecule has 1 aliphatic rings. The van der Waals surface area contributed by atoms with Gasteiger partial charge in [-0.05, 0) is 65.9 Å². The van der Waals surface area contributed by atoms with Gasteiger partial charge < -0.3 is 14.9 Å². The van der Waals surface area contributed by atoms with Crippen LogP contribution in [-0.2, 0) is 23.0 Å². The highest BCUT2D eigenvalue weighted by molar-refractivity contribution is 7.92. The Bertz CT molecular complexity index is 1450. The first-order valence-corrected chi connectivity index (χ1v) is 11.9. The minimum absolute atomic E-state index is 0.0234. The van der Waals surface area contributed by atoms with Crippen molar-refractivity contribution in [3.05, 3.63) is 80.4 Å². The molecule has 0 saturated carbocycles. The number of amides is 1. The van der Waals surface area contributed by atoms with Crippen LogP contribution in [0.2, 0.25) is 0 Å². The summed E-state index contributed by atoms with van der Waals surface area (Å²) in [6.45, 7) is 1.26. The number of carbonyl (C=O) groups is 1. The van der Waals surface area contributed by atoms with Crippen LogP contribution in [0.5, 0.6) is 0 Å². The van der Waals surface area contributed by atoms with Crippen LogP contribution < -0.4 is 10.4 Å². The van der Waals surface area contributed by atoms with Gasteiger partial charge in [0.25, 0.3) is 15.9 Å². The smallest absolute Gasteiger partial charge is 0.323 e. The van der Waals surface area contributed by atoms with Gasteiger partial charge in [0, 0.05) is 29.2 Å². The second-order valence-corrected chi connectivity index (χ2v) is 10.00. The highest BCUT2D eigenvalue weighted by Crippen LogP contribution is 2.25. The van der Waals surface area contributed by atoms with Crippen molar-refractivity contribution in [2.45, 2.75) is 17.9 Å². The molecule has 2 aromatic carbocycles. The number of aromatic nitrogens is 2. The number of rotatable bonds is 4. The van der Waals surface area contributed by atoms with Gasteiger partial charge in [0.05, 0.1) is 15.9 Å². The Morgan fingerprint density at radius 3 is 2.61 bits per heavy atom. The highest BCUT2D eigenvalue weighted by atomic mass is 32.2. The number of fused-ring (bicyclic) bond motifs is 2. The zero-order valence-corrected chi connectivity index (χ0v) is 17.8. The molecule has 0 saturated heterocycles. The maximum atomic E-state index is 12.8. The fraction of sp³-hybridized carbons (Fsp3) is 0.143. The maximum Gasteiger partial charge on any atom is 0.323 e. The molecule has 3 heterocycles. The number of thiophene rings is 1. The van der Waals surface area contributed by atoms with Crippen molar-refractivity contribution in [3.8, 4) is 0 Å². The maximum absolute atomic E-state index is 12.8. The molecular weight excluding hydrogens is 436 g/mol. The lowest BCUT2D eigenvalue weighted by atomic mass is 10.1. The number of hydrogen-bond acceptors (Lipinski definition) is 5. The van der Waals surface area contributed by atoms with E-state index in [9.17, 15) is 18.0 Å². The number of nitrogens with zero attached hydrogens (tertiary/aromatic N) is 1. The van der Waals surface area contributed by atoms with Crippen LogP contribution in [-0.4, -0.2) is 35.7 Å². The zero-order chi connectivity index (χ0) is 21.6. The minimum Gasteiger partial charge on any atom is -0.334 e. The number of aromatic amines is 2. The summed E-state index contributed by atoms with van der Waals surface area (Å²) in [4.78, 5) is 32.5. The molecule has 4 aromatic rings. The molecule has 0 unspecified atom stereocenters. The Labute approximate surface area is 181 Å². The van der Waals surface area contributed by atoms with Crippen LogP contribution in [0.3, 0.4) is 0 Å². The van der Waals surface area contributed by atoms with Crippen molar-refractivity contribution < 1.29 is 13.2 Å². The molecule has 10 heteroatoms. The Morgan fingerprint density at radius 1 is 1.03 bits per heavy atom. The molecule has 0 fully saturated rings. The fourth-order valence-corrected chi connectivity index (χ4v) is 5.65. The summed E-state index contributed by atoms with van der Waals surface area (Å²) in [6, 6.07) is 12.8. The number of H-pyrrole nitrogens is 2. The molecule has 0 atom stereocenters. The van der Waals surface area contributed by atoms with Crippen LogP contribution in [0, 0.1) is 0 Å². The standard InChI is InChI=1S/C21H18N4O4S2/c26-20(25-9-7-19-14(12-25)8-10-30-19)13-1-3-15(4-2-13)24-31(28,29)16-5-6-17-18(11-16)23-21(27)22-17/h1-6,8,10-11,24H,7,9,12H2,(H2,22,23,27). The predicted octanol–water partition coefficient (Wildman–Crippen LogP) is 2.92. The largest absolute Gasteiger partial charge is 0.334 e. The van der Waals surface area contributed by atoms with Gasteiger partial charge in [-0.15, -0.1) is 11.3 Å². The van der Waals surface area contributed by atoms with Gasteiger partial charge in [0.15, 0.2) is 0 Å². The Morgan fingerprint density at radius 2 is 1.81 bits per heavy atom. The summed E-state index contributed by atoms with van der Waals surface area (Å²) in [5.74, 6) is -0.0758. The number of anilines is 1. The fourth-order valence-electron chi connectivity index (χ4n) is 3.68. The summed E-state index contributed by atoms with van der Waals surface area (Å²) in [5, 5.41) is 2.05. The average Bonchev–Trinajstić information content (AvgIpc) is 3.37. The first-order chi connectivity index (χ1) is 14.9. The summed E-state index contributed by atoms with van der Waals surface area (Å²) >= 11 is 1.72. The highest BCUT2D eigenvalue weighted by Gasteiger charge is 2.23. The summed E-state index contributed by atoms with van der Waals surface area (Å²) < 4.78 is 28.0. The van der Waals surface area contributed by atoms with E-state index in [-0.39, 0.29) is 10.8 Å². The molecule has 0 bridgehead atoms. The second-order valence-electron chi connectivity index (χ2n) is 7.32. The van der Waals surface area contributed by atoms with E-state index in [0.29, 0.717) is 35.4 Å². The van der Waals surface area contributed by atoms with Gasteiger partial charge in [0.1, 0.15) is 0 Å². The average molecular weight is 455 g/mol. The first-order valence-electron chi connectivity index (χ1n) is 9.58. The summed E-state index contributed by atoms with van der Waals surface area (Å²) in [7, 11) is -3.86. The number of sulfonamides is 1. The number of benzene rings is 2. The van der Waals surface area contributed by atoms with E-state index in [1.54, 1.807) is 40.5 Å². The van der Waals surface area contributed by atoms with Crippen LogP contribution in [0.1, 0.15) is 20.8 Å². The molecule has 3 N–H and O–H groups in total.